The molecule has 25 heavy (non-hydrogen) atoms. The van der Waals surface area contributed by atoms with Crippen molar-refractivity contribution in [3.8, 4) is 0 Å². The zero-order valence-electron chi connectivity index (χ0n) is 15.3. The molecule has 1 atom stereocenters. The Hall–Kier alpha value is -2.62. The van der Waals surface area contributed by atoms with Crippen LogP contribution in [0.5, 0.6) is 0 Å². The largest absolute Gasteiger partial charge is 0.452 e. The van der Waals surface area contributed by atoms with Crippen molar-refractivity contribution in [2.24, 2.45) is 0 Å². The lowest BCUT2D eigenvalue weighted by molar-refractivity contribution is -0.119. The Morgan fingerprint density at radius 2 is 1.80 bits per heavy atom. The molecule has 4 nitrogen and oxygen atoms in total. The fourth-order valence-electron chi connectivity index (χ4n) is 2.53. The third-order valence-electron chi connectivity index (χ3n) is 4.46. The van der Waals surface area contributed by atoms with Gasteiger partial charge in [-0.1, -0.05) is 38.1 Å². The molecule has 2 aromatic carbocycles. The van der Waals surface area contributed by atoms with Crippen molar-refractivity contribution in [3.05, 3.63) is 64.7 Å². The minimum atomic E-state index is -0.492. The van der Waals surface area contributed by atoms with Crippen molar-refractivity contribution in [2.75, 3.05) is 11.9 Å². The van der Waals surface area contributed by atoms with Crippen molar-refractivity contribution in [1.82, 2.24) is 0 Å². The number of benzene rings is 2. The van der Waals surface area contributed by atoms with Gasteiger partial charge in [-0.2, -0.15) is 0 Å². The van der Waals surface area contributed by atoms with Gasteiger partial charge >= 0.3 is 5.97 Å². The number of amides is 1. The first-order valence-electron chi connectivity index (χ1n) is 8.55. The zero-order valence-corrected chi connectivity index (χ0v) is 15.3. The van der Waals surface area contributed by atoms with E-state index < -0.39 is 5.97 Å². The molecular weight excluding hydrogens is 314 g/mol. The van der Waals surface area contributed by atoms with E-state index in [1.807, 2.05) is 44.2 Å². The number of carbonyl (C=O) groups is 2. The van der Waals surface area contributed by atoms with E-state index in [0.29, 0.717) is 11.5 Å². The Bertz CT molecular complexity index is 767. The lowest BCUT2D eigenvalue weighted by atomic mass is 9.97. The van der Waals surface area contributed by atoms with E-state index in [2.05, 4.69) is 19.2 Å². The summed E-state index contributed by atoms with van der Waals surface area (Å²) in [6, 6.07) is 13.1. The molecule has 0 radical (unpaired) electrons. The van der Waals surface area contributed by atoms with Crippen LogP contribution in [0, 0.1) is 13.8 Å². The van der Waals surface area contributed by atoms with Gasteiger partial charge in [0.1, 0.15) is 0 Å². The van der Waals surface area contributed by atoms with E-state index >= 15 is 0 Å². The fraction of sp³-hybridized carbons (Fsp3) is 0.333. The van der Waals surface area contributed by atoms with E-state index in [-0.39, 0.29) is 12.5 Å². The molecule has 0 aliphatic carbocycles. The van der Waals surface area contributed by atoms with Gasteiger partial charge < -0.3 is 10.1 Å². The van der Waals surface area contributed by atoms with Crippen LogP contribution in [0.4, 0.5) is 5.69 Å². The third-order valence-corrected chi connectivity index (χ3v) is 4.46. The van der Waals surface area contributed by atoms with Crippen LogP contribution >= 0.6 is 0 Å². The number of hydrogen-bond donors (Lipinski definition) is 1. The summed E-state index contributed by atoms with van der Waals surface area (Å²) in [4.78, 5) is 24.2. The molecule has 0 aliphatic heterocycles. The lowest BCUT2D eigenvalue weighted by Gasteiger charge is -2.15. The van der Waals surface area contributed by atoms with Gasteiger partial charge in [-0.3, -0.25) is 4.79 Å². The summed E-state index contributed by atoms with van der Waals surface area (Å²) in [7, 11) is 0. The number of ether oxygens (including phenoxy) is 1. The highest BCUT2D eigenvalue weighted by Gasteiger charge is 2.14. The van der Waals surface area contributed by atoms with Crippen LogP contribution in [0.1, 0.15) is 53.2 Å². The summed E-state index contributed by atoms with van der Waals surface area (Å²) < 4.78 is 5.13. The van der Waals surface area contributed by atoms with Gasteiger partial charge in [0.25, 0.3) is 5.91 Å². The van der Waals surface area contributed by atoms with Crippen molar-refractivity contribution < 1.29 is 14.3 Å². The molecule has 0 saturated heterocycles. The first kappa shape index (κ1) is 18.7. The van der Waals surface area contributed by atoms with Gasteiger partial charge in [0.2, 0.25) is 0 Å². The fourth-order valence-corrected chi connectivity index (χ4v) is 2.53. The minimum Gasteiger partial charge on any atom is -0.452 e. The Balaban J connectivity index is 1.97. The Kier molecular flexibility index (Phi) is 6.34. The SMILES string of the molecule is CC[C@@H](C)c1ccccc1NC(=O)COC(=O)c1ccc(C)c(C)c1. The monoisotopic (exact) mass is 339 g/mol. The molecule has 2 aromatic rings. The van der Waals surface area contributed by atoms with Gasteiger partial charge in [0.05, 0.1) is 5.56 Å². The summed E-state index contributed by atoms with van der Waals surface area (Å²) in [5, 5.41) is 2.84. The molecule has 0 aromatic heterocycles. The first-order valence-corrected chi connectivity index (χ1v) is 8.55. The topological polar surface area (TPSA) is 55.4 Å². The molecule has 2 rings (SSSR count). The standard InChI is InChI=1S/C21H25NO3/c1-5-14(2)18-8-6-7-9-19(18)22-20(23)13-25-21(24)17-11-10-15(3)16(4)12-17/h6-12,14H,5,13H2,1-4H3,(H,22,23)/t14-/m1/s1. The Labute approximate surface area is 149 Å². The van der Waals surface area contributed by atoms with E-state index in [9.17, 15) is 9.59 Å². The van der Waals surface area contributed by atoms with E-state index in [4.69, 9.17) is 4.74 Å². The quantitative estimate of drug-likeness (QED) is 0.782. The van der Waals surface area contributed by atoms with Gasteiger partial charge in [0.15, 0.2) is 6.61 Å². The van der Waals surface area contributed by atoms with Crippen LogP contribution in [0.25, 0.3) is 0 Å². The Morgan fingerprint density at radius 1 is 1.08 bits per heavy atom. The molecule has 0 bridgehead atoms. The highest BCUT2D eigenvalue weighted by Crippen LogP contribution is 2.26. The smallest absolute Gasteiger partial charge is 0.338 e. The van der Waals surface area contributed by atoms with Crippen molar-refractivity contribution in [1.29, 1.82) is 0 Å². The molecule has 0 fully saturated rings. The minimum absolute atomic E-state index is 0.305. The molecule has 0 unspecified atom stereocenters. The number of esters is 1. The van der Waals surface area contributed by atoms with Crippen molar-refractivity contribution >= 4 is 17.6 Å². The van der Waals surface area contributed by atoms with Crippen molar-refractivity contribution in [3.63, 3.8) is 0 Å². The number of rotatable bonds is 6. The van der Waals surface area contributed by atoms with E-state index in [1.54, 1.807) is 12.1 Å². The summed E-state index contributed by atoms with van der Waals surface area (Å²) in [6.07, 6.45) is 0.981. The van der Waals surface area contributed by atoms with Crippen LogP contribution in [0.2, 0.25) is 0 Å². The number of nitrogens with one attached hydrogen (secondary N) is 1. The zero-order chi connectivity index (χ0) is 18.4. The average Bonchev–Trinajstić information content (AvgIpc) is 2.61. The summed E-state index contributed by atoms with van der Waals surface area (Å²) in [5.74, 6) is -0.490. The van der Waals surface area contributed by atoms with Crippen LogP contribution in [0.3, 0.4) is 0 Å². The predicted octanol–water partition coefficient (Wildman–Crippen LogP) is 4.61. The summed E-state index contributed by atoms with van der Waals surface area (Å²) in [5.41, 5.74) is 4.43. The number of para-hydroxylation sites is 1. The number of anilines is 1. The van der Waals surface area contributed by atoms with Crippen molar-refractivity contribution in [2.45, 2.75) is 40.0 Å². The molecule has 1 N–H and O–H groups in total. The normalized spacial score (nSPS) is 11.7. The molecule has 0 aliphatic rings. The second-order valence-corrected chi connectivity index (χ2v) is 6.32. The maximum absolute atomic E-state index is 12.1. The number of carbonyl (C=O) groups excluding carboxylic acids is 2. The maximum atomic E-state index is 12.1. The number of hydrogen-bond acceptors (Lipinski definition) is 3. The van der Waals surface area contributed by atoms with E-state index in [0.717, 1.165) is 28.8 Å². The van der Waals surface area contributed by atoms with Gasteiger partial charge in [0, 0.05) is 5.69 Å². The second kappa shape index (κ2) is 8.47. The Morgan fingerprint density at radius 3 is 2.48 bits per heavy atom. The number of aryl methyl sites for hydroxylation is 2. The summed E-state index contributed by atoms with van der Waals surface area (Å²) >= 11 is 0. The first-order chi connectivity index (χ1) is 11.9. The second-order valence-electron chi connectivity index (χ2n) is 6.32. The molecule has 0 spiro atoms. The van der Waals surface area contributed by atoms with Crippen LogP contribution < -0.4 is 5.32 Å². The van der Waals surface area contributed by atoms with Gasteiger partial charge in [-0.25, -0.2) is 4.79 Å². The molecule has 0 saturated carbocycles. The lowest BCUT2D eigenvalue weighted by Crippen LogP contribution is -2.21. The van der Waals surface area contributed by atoms with E-state index in [1.165, 1.54) is 0 Å². The van der Waals surface area contributed by atoms with Crippen LogP contribution in [-0.4, -0.2) is 18.5 Å². The highest BCUT2D eigenvalue weighted by molar-refractivity contribution is 5.96. The van der Waals surface area contributed by atoms with Crippen LogP contribution in [0.15, 0.2) is 42.5 Å². The van der Waals surface area contributed by atoms with Crippen LogP contribution in [-0.2, 0) is 9.53 Å². The molecule has 0 heterocycles. The van der Waals surface area contributed by atoms with Gasteiger partial charge in [-0.05, 0) is 61.1 Å². The molecule has 132 valence electrons. The third kappa shape index (κ3) is 4.92. The van der Waals surface area contributed by atoms with Gasteiger partial charge in [-0.15, -0.1) is 0 Å². The predicted molar refractivity (Wildman–Crippen MR) is 100.0 cm³/mol. The average molecular weight is 339 g/mol. The molecular formula is C21H25NO3. The summed E-state index contributed by atoms with van der Waals surface area (Å²) in [6.45, 7) is 7.83. The molecule has 1 amide bonds. The highest BCUT2D eigenvalue weighted by atomic mass is 16.5. The molecule has 4 heteroatoms. The maximum Gasteiger partial charge on any atom is 0.338 e.